The second-order valence-electron chi connectivity index (χ2n) is 4.12. The molecule has 0 atom stereocenters. The third-order valence-corrected chi connectivity index (χ3v) is 2.93. The molecule has 0 aliphatic heterocycles. The van der Waals surface area contributed by atoms with Crippen molar-refractivity contribution < 1.29 is 4.39 Å². The molecule has 0 saturated heterocycles. The minimum Gasteiger partial charge on any atom is -0.265 e. The lowest BCUT2D eigenvalue weighted by Crippen LogP contribution is -1.91. The lowest BCUT2D eigenvalue weighted by Gasteiger charge is -2.09. The van der Waals surface area contributed by atoms with Crippen LogP contribution >= 0.6 is 0 Å². The molecule has 0 amide bonds. The van der Waals surface area contributed by atoms with Crippen LogP contribution in [0.5, 0.6) is 0 Å². The molecular formula is C16H11FN2. The van der Waals surface area contributed by atoms with Gasteiger partial charge in [-0.3, -0.25) is 9.97 Å². The first kappa shape index (κ1) is 11.5. The van der Waals surface area contributed by atoms with Gasteiger partial charge in [-0.1, -0.05) is 18.2 Å². The number of hydrogen-bond donors (Lipinski definition) is 0. The summed E-state index contributed by atoms with van der Waals surface area (Å²) in [4.78, 5) is 8.32. The summed E-state index contributed by atoms with van der Waals surface area (Å²) in [5.41, 5.74) is 3.03. The van der Waals surface area contributed by atoms with Gasteiger partial charge >= 0.3 is 0 Å². The molecule has 2 nitrogen and oxygen atoms in total. The van der Waals surface area contributed by atoms with Crippen molar-refractivity contribution in [2.45, 2.75) is 0 Å². The maximum Gasteiger partial charge on any atom is 0.132 e. The molecule has 3 aromatic rings. The molecule has 3 heteroatoms. The zero-order chi connectivity index (χ0) is 13.1. The van der Waals surface area contributed by atoms with E-state index in [0.29, 0.717) is 11.3 Å². The van der Waals surface area contributed by atoms with Gasteiger partial charge in [0.2, 0.25) is 0 Å². The Morgan fingerprint density at radius 1 is 0.737 bits per heavy atom. The molecule has 1 aromatic carbocycles. The first-order valence-electron chi connectivity index (χ1n) is 5.96. The van der Waals surface area contributed by atoms with Crippen molar-refractivity contribution in [1.29, 1.82) is 0 Å². The van der Waals surface area contributed by atoms with Gasteiger partial charge in [0.25, 0.3) is 0 Å². The highest BCUT2D eigenvalue weighted by Crippen LogP contribution is 2.30. The van der Waals surface area contributed by atoms with E-state index in [2.05, 4.69) is 9.97 Å². The van der Waals surface area contributed by atoms with Crippen molar-refractivity contribution in [2.24, 2.45) is 0 Å². The van der Waals surface area contributed by atoms with E-state index in [1.807, 2.05) is 30.3 Å². The quantitative estimate of drug-likeness (QED) is 0.688. The van der Waals surface area contributed by atoms with Gasteiger partial charge in [-0.25, -0.2) is 4.39 Å². The Kier molecular flexibility index (Phi) is 3.02. The molecule has 0 bridgehead atoms. The fourth-order valence-corrected chi connectivity index (χ4v) is 2.04. The van der Waals surface area contributed by atoms with Crippen LogP contribution in [0.15, 0.2) is 67.1 Å². The molecule has 0 radical (unpaired) electrons. The van der Waals surface area contributed by atoms with Crippen LogP contribution in [0.25, 0.3) is 22.4 Å². The maximum atomic E-state index is 13.9. The Bertz CT molecular complexity index is 696. The van der Waals surface area contributed by atoms with Crippen molar-refractivity contribution in [3.8, 4) is 22.4 Å². The Labute approximate surface area is 110 Å². The Hall–Kier alpha value is -2.55. The predicted octanol–water partition coefficient (Wildman–Crippen LogP) is 3.95. The van der Waals surface area contributed by atoms with Crippen LogP contribution in [0.3, 0.4) is 0 Å². The monoisotopic (exact) mass is 250 g/mol. The summed E-state index contributed by atoms with van der Waals surface area (Å²) >= 11 is 0. The zero-order valence-electron chi connectivity index (χ0n) is 10.1. The number of pyridine rings is 2. The zero-order valence-corrected chi connectivity index (χ0v) is 10.1. The highest BCUT2D eigenvalue weighted by Gasteiger charge is 2.11. The number of hydrogen-bond acceptors (Lipinski definition) is 2. The Balaban J connectivity index is 2.21. The lowest BCUT2D eigenvalue weighted by molar-refractivity contribution is 0.631. The second kappa shape index (κ2) is 4.98. The molecule has 2 heterocycles. The van der Waals surface area contributed by atoms with Crippen LogP contribution in [-0.2, 0) is 0 Å². The van der Waals surface area contributed by atoms with Gasteiger partial charge in [0.1, 0.15) is 5.82 Å². The average Bonchev–Trinajstić information content (AvgIpc) is 2.49. The molecule has 0 aliphatic rings. The highest BCUT2D eigenvalue weighted by atomic mass is 19.1. The van der Waals surface area contributed by atoms with Crippen LogP contribution in [0.1, 0.15) is 0 Å². The molecule has 0 N–H and O–H groups in total. The van der Waals surface area contributed by atoms with Crippen molar-refractivity contribution in [2.75, 3.05) is 0 Å². The largest absolute Gasteiger partial charge is 0.265 e. The maximum absolute atomic E-state index is 13.9. The summed E-state index contributed by atoms with van der Waals surface area (Å²) in [6.07, 6.45) is 5.10. The van der Waals surface area contributed by atoms with Gasteiger partial charge in [-0.2, -0.15) is 0 Å². The summed E-state index contributed by atoms with van der Waals surface area (Å²) < 4.78 is 13.9. The van der Waals surface area contributed by atoms with Gasteiger partial charge in [0, 0.05) is 29.7 Å². The summed E-state index contributed by atoms with van der Waals surface area (Å²) in [7, 11) is 0. The van der Waals surface area contributed by atoms with Gasteiger partial charge in [0.05, 0.1) is 5.69 Å². The second-order valence-corrected chi connectivity index (χ2v) is 4.12. The van der Waals surface area contributed by atoms with E-state index < -0.39 is 0 Å². The van der Waals surface area contributed by atoms with E-state index in [9.17, 15) is 4.39 Å². The molecule has 0 spiro atoms. The number of nitrogens with zero attached hydrogens (tertiary/aromatic N) is 2. The van der Waals surface area contributed by atoms with Crippen molar-refractivity contribution in [3.05, 3.63) is 72.9 Å². The number of halogens is 1. The summed E-state index contributed by atoms with van der Waals surface area (Å²) in [6, 6.07) is 14.2. The van der Waals surface area contributed by atoms with Crippen molar-refractivity contribution in [3.63, 3.8) is 0 Å². The standard InChI is InChI=1S/C16H11FN2/c17-15-6-2-1-4-14(15)16-13(5-3-9-19-16)12-7-10-18-11-8-12/h1-11H. The van der Waals surface area contributed by atoms with Crippen LogP contribution in [-0.4, -0.2) is 9.97 Å². The van der Waals surface area contributed by atoms with Crippen molar-refractivity contribution >= 4 is 0 Å². The molecule has 2 aromatic heterocycles. The third kappa shape index (κ3) is 2.22. The van der Waals surface area contributed by atoms with Crippen LogP contribution in [0.4, 0.5) is 4.39 Å². The topological polar surface area (TPSA) is 25.8 Å². The van der Waals surface area contributed by atoms with Gasteiger partial charge in [0.15, 0.2) is 0 Å². The predicted molar refractivity (Wildman–Crippen MR) is 72.9 cm³/mol. The van der Waals surface area contributed by atoms with Gasteiger partial charge in [-0.15, -0.1) is 0 Å². The normalized spacial score (nSPS) is 10.4. The van der Waals surface area contributed by atoms with Crippen molar-refractivity contribution in [1.82, 2.24) is 9.97 Å². The van der Waals surface area contributed by atoms with Crippen LogP contribution < -0.4 is 0 Å². The highest BCUT2D eigenvalue weighted by molar-refractivity contribution is 5.80. The summed E-state index contributed by atoms with van der Waals surface area (Å²) in [6.45, 7) is 0. The van der Waals surface area contributed by atoms with E-state index in [0.717, 1.165) is 11.1 Å². The van der Waals surface area contributed by atoms with E-state index in [-0.39, 0.29) is 5.82 Å². The van der Waals surface area contributed by atoms with Crippen LogP contribution in [0, 0.1) is 5.82 Å². The number of benzene rings is 1. The molecule has 92 valence electrons. The molecule has 3 rings (SSSR count). The smallest absolute Gasteiger partial charge is 0.132 e. The Morgan fingerprint density at radius 2 is 1.47 bits per heavy atom. The van der Waals surface area contributed by atoms with E-state index >= 15 is 0 Å². The van der Waals surface area contributed by atoms with Crippen LogP contribution in [0.2, 0.25) is 0 Å². The fourth-order valence-electron chi connectivity index (χ4n) is 2.04. The van der Waals surface area contributed by atoms with Gasteiger partial charge in [-0.05, 0) is 35.9 Å². The minimum atomic E-state index is -0.267. The number of aromatic nitrogens is 2. The first-order chi connectivity index (χ1) is 9.36. The Morgan fingerprint density at radius 3 is 2.26 bits per heavy atom. The average molecular weight is 250 g/mol. The van der Waals surface area contributed by atoms with E-state index in [1.165, 1.54) is 6.07 Å². The van der Waals surface area contributed by atoms with Gasteiger partial charge < -0.3 is 0 Å². The molecule has 0 fully saturated rings. The number of rotatable bonds is 2. The molecule has 0 aliphatic carbocycles. The van der Waals surface area contributed by atoms with E-state index in [4.69, 9.17) is 0 Å². The first-order valence-corrected chi connectivity index (χ1v) is 5.96. The van der Waals surface area contributed by atoms with E-state index in [1.54, 1.807) is 30.7 Å². The lowest BCUT2D eigenvalue weighted by atomic mass is 10.00. The molecular weight excluding hydrogens is 239 g/mol. The molecule has 19 heavy (non-hydrogen) atoms. The summed E-state index contributed by atoms with van der Waals surface area (Å²) in [5, 5.41) is 0. The molecule has 0 saturated carbocycles. The third-order valence-electron chi connectivity index (χ3n) is 2.93. The fraction of sp³-hybridized carbons (Fsp3) is 0. The summed E-state index contributed by atoms with van der Waals surface area (Å²) in [5.74, 6) is -0.267. The SMILES string of the molecule is Fc1ccccc1-c1ncccc1-c1ccncc1. The molecule has 0 unspecified atom stereocenters. The minimum absolute atomic E-state index is 0.267.